The highest BCUT2D eigenvalue weighted by atomic mass is 32.1. The van der Waals surface area contributed by atoms with Crippen molar-refractivity contribution in [1.29, 1.82) is 0 Å². The predicted molar refractivity (Wildman–Crippen MR) is 376 cm³/mol. The molecule has 0 amide bonds. The Morgan fingerprint density at radius 2 is 0.512 bits per heavy atom. The first-order valence-corrected chi connectivity index (χ1v) is 31.2. The van der Waals surface area contributed by atoms with Crippen molar-refractivity contribution in [3.05, 3.63) is 315 Å². The van der Waals surface area contributed by atoms with E-state index < -0.39 is 0 Å². The average molecular weight is 1130 g/mol. The van der Waals surface area contributed by atoms with Gasteiger partial charge in [-0.1, -0.05) is 285 Å². The van der Waals surface area contributed by atoms with Gasteiger partial charge in [0.2, 0.25) is 0 Å². The Labute approximate surface area is 506 Å². The predicted octanol–water partition coefficient (Wildman–Crippen LogP) is 25.0. The third-order valence-corrected chi connectivity index (χ3v) is 20.1. The summed E-state index contributed by atoms with van der Waals surface area (Å²) in [5, 5.41) is 20.7. The molecule has 2 heteroatoms. The topological polar surface area (TPSA) is 0 Å². The molecule has 86 heavy (non-hydrogen) atoms. The number of thiophene rings is 2. The maximum absolute atomic E-state index is 2.40. The molecular formula is C84H52S2. The summed E-state index contributed by atoms with van der Waals surface area (Å²) < 4.78 is 5.36. The zero-order valence-electron chi connectivity index (χ0n) is 46.8. The van der Waals surface area contributed by atoms with E-state index in [4.69, 9.17) is 0 Å². The molecule has 0 atom stereocenters. The van der Waals surface area contributed by atoms with Crippen molar-refractivity contribution in [3.63, 3.8) is 0 Å². The summed E-state index contributed by atoms with van der Waals surface area (Å²) in [6.07, 6.45) is 0. The van der Waals surface area contributed by atoms with Gasteiger partial charge in [0.05, 0.1) is 0 Å². The van der Waals surface area contributed by atoms with E-state index in [9.17, 15) is 0 Å². The van der Waals surface area contributed by atoms with Gasteiger partial charge in [-0.15, -0.1) is 22.7 Å². The van der Waals surface area contributed by atoms with E-state index in [1.165, 1.54) is 172 Å². The summed E-state index contributed by atoms with van der Waals surface area (Å²) in [7, 11) is 0. The normalized spacial score (nSPS) is 11.7. The standard InChI is InChI=1S/2C42H26S/c1-2-12-27(13-3-1)29-25-24-28-14-10-20-35(38(28)26-29)40-31-16-4-6-18-33(31)41(34-19-7-5-17-32(34)40)37-22-11-21-36-30-15-8-9-23-39(30)43-42(36)37;1-2-11-27(12-3-1)29-22-21-28-13-10-19-37(38(28)25-29)42-35-17-6-4-15-33(35)41(34-16-5-7-18-36(34)42)30-23-24-32-31-14-8-9-20-39(31)43-40(32)26-30/h2*1-26H. The van der Waals surface area contributed by atoms with Crippen LogP contribution in [0.5, 0.6) is 0 Å². The molecule has 0 nitrogen and oxygen atoms in total. The molecule has 2 aromatic heterocycles. The summed E-state index contributed by atoms with van der Waals surface area (Å²) in [6, 6.07) is 116. The van der Waals surface area contributed by atoms with Crippen molar-refractivity contribution in [3.8, 4) is 66.8 Å². The van der Waals surface area contributed by atoms with Gasteiger partial charge in [-0.3, -0.25) is 0 Å². The van der Waals surface area contributed by atoms with Crippen molar-refractivity contribution in [2.75, 3.05) is 0 Å². The molecular weight excluding hydrogens is 1070 g/mol. The van der Waals surface area contributed by atoms with Crippen LogP contribution >= 0.6 is 22.7 Å². The lowest BCUT2D eigenvalue weighted by Gasteiger charge is -2.19. The third-order valence-electron chi connectivity index (χ3n) is 17.7. The third kappa shape index (κ3) is 8.25. The van der Waals surface area contributed by atoms with Crippen LogP contribution in [-0.4, -0.2) is 0 Å². The lowest BCUT2D eigenvalue weighted by Crippen LogP contribution is -1.92. The quantitative estimate of drug-likeness (QED) is 0.146. The molecule has 18 rings (SSSR count). The van der Waals surface area contributed by atoms with Crippen LogP contribution in [0.4, 0.5) is 0 Å². The van der Waals surface area contributed by atoms with Crippen molar-refractivity contribution >= 4 is 128 Å². The number of hydrogen-bond acceptors (Lipinski definition) is 2. The SMILES string of the molecule is c1ccc(-c2ccc3cccc(-c4c5ccccc5c(-c5ccc6c(c5)sc5ccccc56)c5ccccc45)c3c2)cc1.c1ccc(-c2ccc3cccc(-c4c5ccccc5c(-c5cccc6c5sc5ccccc56)c5ccccc45)c3c2)cc1. The van der Waals surface area contributed by atoms with Gasteiger partial charge in [-0.2, -0.15) is 0 Å². The molecule has 16 aromatic carbocycles. The second-order valence-corrected chi connectivity index (χ2v) is 24.6. The van der Waals surface area contributed by atoms with Crippen molar-refractivity contribution < 1.29 is 0 Å². The molecule has 2 heterocycles. The Kier molecular flexibility index (Phi) is 12.0. The fourth-order valence-electron chi connectivity index (χ4n) is 13.9. The van der Waals surface area contributed by atoms with E-state index in [0.29, 0.717) is 0 Å². The van der Waals surface area contributed by atoms with E-state index in [1.54, 1.807) is 0 Å². The molecule has 0 saturated carbocycles. The largest absolute Gasteiger partial charge is 0.135 e. The van der Waals surface area contributed by atoms with E-state index in [0.717, 1.165) is 0 Å². The Bertz CT molecular complexity index is 5590. The zero-order valence-corrected chi connectivity index (χ0v) is 48.5. The second kappa shape index (κ2) is 20.7. The molecule has 0 bridgehead atoms. The van der Waals surface area contributed by atoms with Crippen LogP contribution in [0, 0.1) is 0 Å². The number of benzene rings is 16. The Morgan fingerprint density at radius 3 is 1.00 bits per heavy atom. The maximum Gasteiger partial charge on any atom is 0.0434 e. The lowest BCUT2D eigenvalue weighted by atomic mass is 9.84. The van der Waals surface area contributed by atoms with Crippen molar-refractivity contribution in [1.82, 2.24) is 0 Å². The van der Waals surface area contributed by atoms with Crippen LogP contribution in [-0.2, 0) is 0 Å². The van der Waals surface area contributed by atoms with Crippen molar-refractivity contribution in [2.45, 2.75) is 0 Å². The molecule has 0 unspecified atom stereocenters. The molecule has 0 spiro atoms. The Hall–Kier alpha value is -10.5. The highest BCUT2D eigenvalue weighted by Crippen LogP contribution is 2.50. The molecule has 0 aliphatic carbocycles. The molecule has 0 fully saturated rings. The van der Waals surface area contributed by atoms with E-state index >= 15 is 0 Å². The number of hydrogen-bond donors (Lipinski definition) is 0. The lowest BCUT2D eigenvalue weighted by molar-refractivity contribution is 1.64. The summed E-state index contributed by atoms with van der Waals surface area (Å²) in [6.45, 7) is 0. The first-order valence-electron chi connectivity index (χ1n) is 29.5. The Balaban J connectivity index is 0.000000134. The minimum absolute atomic E-state index is 1.24. The summed E-state index contributed by atoms with van der Waals surface area (Å²) >= 11 is 3.78. The van der Waals surface area contributed by atoms with Crippen LogP contribution in [0.1, 0.15) is 0 Å². The smallest absolute Gasteiger partial charge is 0.0434 e. The number of fused-ring (bicyclic) bond motifs is 12. The summed E-state index contributed by atoms with van der Waals surface area (Å²) in [5.41, 5.74) is 15.3. The molecule has 0 N–H and O–H groups in total. The van der Waals surface area contributed by atoms with Crippen molar-refractivity contribution in [2.24, 2.45) is 0 Å². The first kappa shape index (κ1) is 50.1. The van der Waals surface area contributed by atoms with Gasteiger partial charge in [-0.05, 0) is 156 Å². The van der Waals surface area contributed by atoms with Crippen LogP contribution in [0.15, 0.2) is 315 Å². The maximum atomic E-state index is 2.40. The molecule has 18 aromatic rings. The summed E-state index contributed by atoms with van der Waals surface area (Å²) in [4.78, 5) is 0. The van der Waals surface area contributed by atoms with Gasteiger partial charge in [0.25, 0.3) is 0 Å². The second-order valence-electron chi connectivity index (χ2n) is 22.5. The number of rotatable bonds is 6. The van der Waals surface area contributed by atoms with Gasteiger partial charge in [-0.25, -0.2) is 0 Å². The van der Waals surface area contributed by atoms with Crippen LogP contribution in [0.3, 0.4) is 0 Å². The highest BCUT2D eigenvalue weighted by molar-refractivity contribution is 7.26. The highest BCUT2D eigenvalue weighted by Gasteiger charge is 2.22. The van der Waals surface area contributed by atoms with E-state index in [-0.39, 0.29) is 0 Å². The van der Waals surface area contributed by atoms with E-state index in [1.807, 2.05) is 22.7 Å². The zero-order chi connectivity index (χ0) is 56.7. The van der Waals surface area contributed by atoms with Gasteiger partial charge in [0, 0.05) is 45.9 Å². The van der Waals surface area contributed by atoms with Gasteiger partial charge in [0.1, 0.15) is 0 Å². The van der Waals surface area contributed by atoms with Gasteiger partial charge in [0.15, 0.2) is 0 Å². The molecule has 0 aliphatic heterocycles. The average Bonchev–Trinajstić information content (AvgIpc) is 1.56. The minimum Gasteiger partial charge on any atom is -0.135 e. The first-order chi connectivity index (χ1) is 42.7. The van der Waals surface area contributed by atoms with Crippen LogP contribution in [0.25, 0.3) is 172 Å². The Morgan fingerprint density at radius 1 is 0.163 bits per heavy atom. The van der Waals surface area contributed by atoms with Crippen LogP contribution < -0.4 is 0 Å². The van der Waals surface area contributed by atoms with Gasteiger partial charge < -0.3 is 0 Å². The molecule has 0 saturated heterocycles. The fourth-order valence-corrected chi connectivity index (χ4v) is 16.2. The summed E-state index contributed by atoms with van der Waals surface area (Å²) in [5.74, 6) is 0. The minimum atomic E-state index is 1.24. The monoisotopic (exact) mass is 1120 g/mol. The van der Waals surface area contributed by atoms with Gasteiger partial charge >= 0.3 is 0 Å². The molecule has 0 aliphatic rings. The van der Waals surface area contributed by atoms with E-state index in [2.05, 4.69) is 315 Å². The molecule has 0 radical (unpaired) electrons. The van der Waals surface area contributed by atoms with Crippen LogP contribution in [0.2, 0.25) is 0 Å². The molecule has 400 valence electrons. The fraction of sp³-hybridized carbons (Fsp3) is 0.